The van der Waals surface area contributed by atoms with Gasteiger partial charge in [-0.15, -0.1) is 11.3 Å². The Morgan fingerprint density at radius 1 is 1.22 bits per heavy atom. The largest absolute Gasteiger partial charge is 0.455 e. The predicted octanol–water partition coefficient (Wildman–Crippen LogP) is 0.447. The van der Waals surface area contributed by atoms with E-state index in [9.17, 15) is 22.8 Å². The molecule has 0 saturated carbocycles. The van der Waals surface area contributed by atoms with Crippen LogP contribution >= 0.6 is 11.3 Å². The first kappa shape index (κ1) is 19.8. The number of nitrogens with one attached hydrogen (secondary N) is 1. The van der Waals surface area contributed by atoms with Crippen LogP contribution in [0.15, 0.2) is 17.5 Å². The minimum atomic E-state index is -3.07. The lowest BCUT2D eigenvalue weighted by Gasteiger charge is -2.30. The summed E-state index contributed by atoms with van der Waals surface area (Å²) in [5, 5.41) is 4.43. The van der Waals surface area contributed by atoms with Crippen LogP contribution < -0.4 is 5.32 Å². The molecule has 27 heavy (non-hydrogen) atoms. The van der Waals surface area contributed by atoms with Gasteiger partial charge in [-0.25, -0.2) is 8.42 Å². The summed E-state index contributed by atoms with van der Waals surface area (Å²) < 4.78 is 27.8. The van der Waals surface area contributed by atoms with Gasteiger partial charge in [-0.2, -0.15) is 0 Å². The molecule has 2 saturated heterocycles. The van der Waals surface area contributed by atoms with Crippen LogP contribution in [0.5, 0.6) is 0 Å². The van der Waals surface area contributed by atoms with Crippen LogP contribution in [-0.4, -0.2) is 68.3 Å². The molecule has 1 aromatic rings. The zero-order valence-corrected chi connectivity index (χ0v) is 16.4. The number of hydrogen-bond acceptors (Lipinski definition) is 7. The average Bonchev–Trinajstić information content (AvgIpc) is 3.29. The van der Waals surface area contributed by atoms with Gasteiger partial charge < -0.3 is 15.0 Å². The van der Waals surface area contributed by atoms with Crippen molar-refractivity contribution in [3.63, 3.8) is 0 Å². The molecule has 1 atom stereocenters. The van der Waals surface area contributed by atoms with Gasteiger partial charge >= 0.3 is 5.97 Å². The number of esters is 1. The van der Waals surface area contributed by atoms with E-state index in [0.29, 0.717) is 37.2 Å². The summed E-state index contributed by atoms with van der Waals surface area (Å²) in [5.74, 6) is -1.30. The van der Waals surface area contributed by atoms with Gasteiger partial charge in [-0.05, 0) is 30.7 Å². The van der Waals surface area contributed by atoms with Gasteiger partial charge in [-0.3, -0.25) is 14.4 Å². The molecule has 0 aromatic carbocycles. The summed E-state index contributed by atoms with van der Waals surface area (Å²) in [6.45, 7) is 0.537. The van der Waals surface area contributed by atoms with Crippen molar-refractivity contribution < 1.29 is 27.5 Å². The summed E-state index contributed by atoms with van der Waals surface area (Å²) >= 11 is 1.39. The van der Waals surface area contributed by atoms with Crippen LogP contribution in [0.2, 0.25) is 0 Å². The molecule has 2 aliphatic heterocycles. The highest BCUT2D eigenvalue weighted by molar-refractivity contribution is 7.91. The normalized spacial score (nSPS) is 22.4. The lowest BCUT2D eigenvalue weighted by molar-refractivity contribution is -0.154. The Balaban J connectivity index is 1.38. The first-order valence-corrected chi connectivity index (χ1v) is 11.5. The van der Waals surface area contributed by atoms with Gasteiger partial charge in [0.15, 0.2) is 16.4 Å². The molecule has 3 rings (SSSR count). The second kappa shape index (κ2) is 8.39. The highest BCUT2D eigenvalue weighted by Gasteiger charge is 2.31. The van der Waals surface area contributed by atoms with E-state index in [-0.39, 0.29) is 23.3 Å². The monoisotopic (exact) mass is 414 g/mol. The Morgan fingerprint density at radius 2 is 1.96 bits per heavy atom. The van der Waals surface area contributed by atoms with Crippen molar-refractivity contribution in [2.24, 2.45) is 5.92 Å². The molecule has 2 fully saturated rings. The van der Waals surface area contributed by atoms with Crippen molar-refractivity contribution in [2.45, 2.75) is 25.3 Å². The van der Waals surface area contributed by atoms with Crippen molar-refractivity contribution in [1.82, 2.24) is 10.2 Å². The molecular formula is C17H22N2O6S2. The first-order valence-electron chi connectivity index (χ1n) is 8.83. The highest BCUT2D eigenvalue weighted by Crippen LogP contribution is 2.21. The maximum absolute atomic E-state index is 12.3. The van der Waals surface area contributed by atoms with E-state index >= 15 is 0 Å². The molecule has 0 unspecified atom stereocenters. The Morgan fingerprint density at radius 3 is 2.56 bits per heavy atom. The molecule has 1 N–H and O–H groups in total. The van der Waals surface area contributed by atoms with Crippen molar-refractivity contribution >= 4 is 39.0 Å². The summed E-state index contributed by atoms with van der Waals surface area (Å²) in [6.07, 6.45) is 1.38. The molecule has 2 aliphatic rings. The van der Waals surface area contributed by atoms with E-state index in [2.05, 4.69) is 5.32 Å². The fraction of sp³-hybridized carbons (Fsp3) is 0.588. The number of carbonyl (C=O) groups excluding carboxylic acids is 3. The summed E-state index contributed by atoms with van der Waals surface area (Å²) in [5.41, 5.74) is 0. The number of likely N-dealkylation sites (tertiary alicyclic amines) is 1. The third-order valence-corrected chi connectivity index (χ3v) is 7.42. The molecule has 0 radical (unpaired) electrons. The number of thiophene rings is 1. The van der Waals surface area contributed by atoms with Gasteiger partial charge in [0.25, 0.3) is 11.8 Å². The zero-order valence-electron chi connectivity index (χ0n) is 14.8. The number of amides is 2. The number of rotatable bonds is 5. The number of hydrogen-bond donors (Lipinski definition) is 1. The first-order chi connectivity index (χ1) is 12.8. The van der Waals surface area contributed by atoms with Crippen molar-refractivity contribution in [3.8, 4) is 0 Å². The highest BCUT2D eigenvalue weighted by atomic mass is 32.2. The molecule has 8 nitrogen and oxygen atoms in total. The molecular weight excluding hydrogens is 392 g/mol. The van der Waals surface area contributed by atoms with E-state index < -0.39 is 34.4 Å². The van der Waals surface area contributed by atoms with Crippen LogP contribution in [-0.2, 0) is 24.2 Å². The quantitative estimate of drug-likeness (QED) is 0.701. The third kappa shape index (κ3) is 5.29. The van der Waals surface area contributed by atoms with Gasteiger partial charge in [0.05, 0.1) is 22.3 Å². The second-order valence-electron chi connectivity index (χ2n) is 6.82. The average molecular weight is 415 g/mol. The van der Waals surface area contributed by atoms with E-state index in [0.717, 1.165) is 0 Å². The molecule has 1 aromatic heterocycles. The van der Waals surface area contributed by atoms with Crippen LogP contribution in [0.4, 0.5) is 0 Å². The van der Waals surface area contributed by atoms with Crippen molar-refractivity contribution in [1.29, 1.82) is 0 Å². The molecule has 10 heteroatoms. The third-order valence-electron chi connectivity index (χ3n) is 4.79. The van der Waals surface area contributed by atoms with Gasteiger partial charge in [0.2, 0.25) is 0 Å². The molecule has 3 heterocycles. The zero-order chi connectivity index (χ0) is 19.4. The number of ether oxygens (including phenoxy) is 1. The fourth-order valence-corrected chi connectivity index (χ4v) is 5.67. The number of nitrogens with zero attached hydrogens (tertiary/aromatic N) is 1. The van der Waals surface area contributed by atoms with Gasteiger partial charge in [0.1, 0.15) is 0 Å². The predicted molar refractivity (Wildman–Crippen MR) is 99.1 cm³/mol. The van der Waals surface area contributed by atoms with Gasteiger partial charge in [-0.1, -0.05) is 6.07 Å². The molecule has 0 aliphatic carbocycles. The maximum Gasteiger partial charge on any atom is 0.309 e. The second-order valence-corrected chi connectivity index (χ2v) is 10.00. The summed E-state index contributed by atoms with van der Waals surface area (Å²) in [4.78, 5) is 38.7. The molecule has 148 valence electrons. The van der Waals surface area contributed by atoms with E-state index in [1.807, 2.05) is 11.4 Å². The minimum absolute atomic E-state index is 0.0253. The van der Waals surface area contributed by atoms with E-state index in [1.54, 1.807) is 11.0 Å². The molecule has 2 amide bonds. The lowest BCUT2D eigenvalue weighted by atomic mass is 9.97. The minimum Gasteiger partial charge on any atom is -0.455 e. The van der Waals surface area contributed by atoms with Crippen molar-refractivity contribution in [2.75, 3.05) is 31.2 Å². The Kier molecular flexibility index (Phi) is 6.15. The summed E-state index contributed by atoms with van der Waals surface area (Å²) in [6, 6.07) is 3.20. The van der Waals surface area contributed by atoms with Gasteiger partial charge in [0, 0.05) is 19.1 Å². The van der Waals surface area contributed by atoms with Crippen molar-refractivity contribution in [3.05, 3.63) is 22.4 Å². The lowest BCUT2D eigenvalue weighted by Crippen LogP contribution is -2.41. The number of carbonyl (C=O) groups is 3. The van der Waals surface area contributed by atoms with Crippen LogP contribution in [0.1, 0.15) is 28.9 Å². The number of sulfone groups is 1. The number of piperidine rings is 1. The Bertz CT molecular complexity index is 797. The molecule has 0 bridgehead atoms. The van der Waals surface area contributed by atoms with E-state index in [1.165, 1.54) is 11.3 Å². The van der Waals surface area contributed by atoms with Crippen LogP contribution in [0.25, 0.3) is 0 Å². The standard InChI is InChI=1S/C17H22N2O6S2/c20-15(18-13-5-9-27(23,24)11-13)10-25-17(22)12-3-6-19(7-4-12)16(21)14-2-1-8-26-14/h1-2,8,12-13H,3-7,9-11H2,(H,18,20)/t13-/m0/s1. The topological polar surface area (TPSA) is 110 Å². The smallest absolute Gasteiger partial charge is 0.309 e. The van der Waals surface area contributed by atoms with E-state index in [4.69, 9.17) is 4.74 Å². The van der Waals surface area contributed by atoms with Crippen LogP contribution in [0.3, 0.4) is 0 Å². The fourth-order valence-electron chi connectivity index (χ4n) is 3.31. The Hall–Kier alpha value is -1.94. The Labute approximate surface area is 161 Å². The maximum atomic E-state index is 12.3. The summed E-state index contributed by atoms with van der Waals surface area (Å²) in [7, 11) is -3.07. The molecule has 0 spiro atoms. The SMILES string of the molecule is O=C(COC(=O)C1CCN(C(=O)c2cccs2)CC1)N[C@H]1CCS(=O)(=O)C1. The van der Waals surface area contributed by atoms with Crippen LogP contribution in [0, 0.1) is 5.92 Å².